The van der Waals surface area contributed by atoms with Crippen LogP contribution in [0.2, 0.25) is 0 Å². The molecule has 0 saturated heterocycles. The van der Waals surface area contributed by atoms with E-state index in [1.165, 1.54) is 10.4 Å². The van der Waals surface area contributed by atoms with Gasteiger partial charge in [0.25, 0.3) is 0 Å². The number of nitrogens with zero attached hydrogens (tertiary/aromatic N) is 1. The first-order valence-corrected chi connectivity index (χ1v) is 6.84. The van der Waals surface area contributed by atoms with Crippen molar-refractivity contribution in [1.29, 1.82) is 0 Å². The number of amides is 1. The van der Waals surface area contributed by atoms with Crippen molar-refractivity contribution >= 4 is 22.9 Å². The molecule has 0 fully saturated rings. The quantitative estimate of drug-likeness (QED) is 0.897. The fourth-order valence-electron chi connectivity index (χ4n) is 2.19. The van der Waals surface area contributed by atoms with Crippen LogP contribution in [-0.4, -0.2) is 12.5 Å². The molecule has 0 bridgehead atoms. The average Bonchev–Trinajstić information content (AvgIpc) is 2.84. The standard InChI is InChI=1S/C14H14N2OS/c17-14-9-15-8-11-4-1-2-6-13(11)16(14)10-12-5-3-7-18-12/h1-7,15H,8-10H2. The number of nitrogens with one attached hydrogen (secondary N) is 1. The molecule has 92 valence electrons. The highest BCUT2D eigenvalue weighted by atomic mass is 32.1. The van der Waals surface area contributed by atoms with E-state index in [-0.39, 0.29) is 5.91 Å². The summed E-state index contributed by atoms with van der Waals surface area (Å²) >= 11 is 1.69. The maximum Gasteiger partial charge on any atom is 0.241 e. The van der Waals surface area contributed by atoms with Crippen LogP contribution in [-0.2, 0) is 17.9 Å². The molecule has 18 heavy (non-hydrogen) atoms. The van der Waals surface area contributed by atoms with Crippen molar-refractivity contribution in [1.82, 2.24) is 5.32 Å². The minimum atomic E-state index is 0.133. The van der Waals surface area contributed by atoms with Gasteiger partial charge in [-0.2, -0.15) is 0 Å². The number of anilines is 1. The summed E-state index contributed by atoms with van der Waals surface area (Å²) in [6.07, 6.45) is 0. The molecule has 1 aliphatic rings. The van der Waals surface area contributed by atoms with Gasteiger partial charge in [0.2, 0.25) is 5.91 Å². The van der Waals surface area contributed by atoms with E-state index in [4.69, 9.17) is 0 Å². The zero-order chi connectivity index (χ0) is 12.4. The number of fused-ring (bicyclic) bond motifs is 1. The van der Waals surface area contributed by atoms with Gasteiger partial charge in [-0.3, -0.25) is 4.79 Å². The second kappa shape index (κ2) is 4.92. The van der Waals surface area contributed by atoms with Crippen molar-refractivity contribution in [2.45, 2.75) is 13.1 Å². The van der Waals surface area contributed by atoms with Gasteiger partial charge in [-0.05, 0) is 23.1 Å². The molecule has 1 amide bonds. The summed E-state index contributed by atoms with van der Waals surface area (Å²) in [5, 5.41) is 5.22. The smallest absolute Gasteiger partial charge is 0.241 e. The van der Waals surface area contributed by atoms with Crippen LogP contribution in [0, 0.1) is 0 Å². The number of hydrogen-bond acceptors (Lipinski definition) is 3. The molecule has 4 heteroatoms. The lowest BCUT2D eigenvalue weighted by molar-refractivity contribution is -0.117. The van der Waals surface area contributed by atoms with Crippen molar-refractivity contribution in [3.8, 4) is 0 Å². The Bertz CT molecular complexity index is 551. The molecular formula is C14H14N2OS. The lowest BCUT2D eigenvalue weighted by Crippen LogP contribution is -2.34. The van der Waals surface area contributed by atoms with E-state index in [0.717, 1.165) is 12.2 Å². The van der Waals surface area contributed by atoms with E-state index in [9.17, 15) is 4.79 Å². The lowest BCUT2D eigenvalue weighted by atomic mass is 10.1. The molecular weight excluding hydrogens is 244 g/mol. The highest BCUT2D eigenvalue weighted by Gasteiger charge is 2.21. The molecule has 0 saturated carbocycles. The van der Waals surface area contributed by atoms with Crippen LogP contribution >= 0.6 is 11.3 Å². The Labute approximate surface area is 110 Å². The predicted molar refractivity (Wildman–Crippen MR) is 73.7 cm³/mol. The molecule has 3 rings (SSSR count). The zero-order valence-electron chi connectivity index (χ0n) is 9.93. The van der Waals surface area contributed by atoms with Crippen LogP contribution in [0.3, 0.4) is 0 Å². The van der Waals surface area contributed by atoms with Gasteiger partial charge in [-0.15, -0.1) is 11.3 Å². The van der Waals surface area contributed by atoms with Gasteiger partial charge in [0.15, 0.2) is 0 Å². The van der Waals surface area contributed by atoms with E-state index in [0.29, 0.717) is 13.1 Å². The van der Waals surface area contributed by atoms with Crippen molar-refractivity contribution in [3.63, 3.8) is 0 Å². The third kappa shape index (κ3) is 2.17. The summed E-state index contributed by atoms with van der Waals surface area (Å²) in [7, 11) is 0. The number of hydrogen-bond donors (Lipinski definition) is 1. The number of carbonyl (C=O) groups is 1. The van der Waals surface area contributed by atoms with Gasteiger partial charge < -0.3 is 10.2 Å². The average molecular weight is 258 g/mol. The number of rotatable bonds is 2. The van der Waals surface area contributed by atoms with Crippen molar-refractivity contribution in [2.24, 2.45) is 0 Å². The van der Waals surface area contributed by atoms with Crippen LogP contribution in [0.25, 0.3) is 0 Å². The summed E-state index contributed by atoms with van der Waals surface area (Å²) < 4.78 is 0. The molecule has 1 aromatic carbocycles. The highest BCUT2D eigenvalue weighted by Crippen LogP contribution is 2.25. The van der Waals surface area contributed by atoms with Gasteiger partial charge in [-0.25, -0.2) is 0 Å². The highest BCUT2D eigenvalue weighted by molar-refractivity contribution is 7.09. The summed E-state index contributed by atoms with van der Waals surface area (Å²) in [5.74, 6) is 0.133. The fraction of sp³-hybridized carbons (Fsp3) is 0.214. The van der Waals surface area contributed by atoms with Crippen molar-refractivity contribution in [2.75, 3.05) is 11.4 Å². The second-order valence-corrected chi connectivity index (χ2v) is 5.32. The van der Waals surface area contributed by atoms with Gasteiger partial charge >= 0.3 is 0 Å². The van der Waals surface area contributed by atoms with E-state index < -0.39 is 0 Å². The summed E-state index contributed by atoms with van der Waals surface area (Å²) in [6.45, 7) is 1.82. The van der Waals surface area contributed by atoms with Gasteiger partial charge in [0, 0.05) is 17.1 Å². The molecule has 2 aromatic rings. The Morgan fingerprint density at radius 3 is 2.89 bits per heavy atom. The molecule has 3 nitrogen and oxygen atoms in total. The third-order valence-electron chi connectivity index (χ3n) is 3.07. The minimum absolute atomic E-state index is 0.133. The first kappa shape index (κ1) is 11.4. The molecule has 1 aliphatic heterocycles. The van der Waals surface area contributed by atoms with Crippen molar-refractivity contribution < 1.29 is 4.79 Å². The first-order chi connectivity index (χ1) is 8.84. The van der Waals surface area contributed by atoms with Gasteiger partial charge in [-0.1, -0.05) is 24.3 Å². The SMILES string of the molecule is O=C1CNCc2ccccc2N1Cc1cccs1. The maximum atomic E-state index is 12.2. The summed E-state index contributed by atoms with van der Waals surface area (Å²) in [4.78, 5) is 15.3. The first-order valence-electron chi connectivity index (χ1n) is 5.96. The van der Waals surface area contributed by atoms with Crippen LogP contribution in [0.15, 0.2) is 41.8 Å². The molecule has 0 unspecified atom stereocenters. The maximum absolute atomic E-state index is 12.2. The molecule has 0 spiro atoms. The topological polar surface area (TPSA) is 32.3 Å². The Kier molecular flexibility index (Phi) is 3.13. The van der Waals surface area contributed by atoms with Crippen LogP contribution in [0.5, 0.6) is 0 Å². The fourth-order valence-corrected chi connectivity index (χ4v) is 2.88. The van der Waals surface area contributed by atoms with Crippen LogP contribution in [0.4, 0.5) is 5.69 Å². The van der Waals surface area contributed by atoms with Crippen LogP contribution < -0.4 is 10.2 Å². The van der Waals surface area contributed by atoms with Crippen molar-refractivity contribution in [3.05, 3.63) is 52.2 Å². The van der Waals surface area contributed by atoms with Crippen LogP contribution in [0.1, 0.15) is 10.4 Å². The predicted octanol–water partition coefficient (Wildman–Crippen LogP) is 2.38. The number of carbonyl (C=O) groups excluding carboxylic acids is 1. The van der Waals surface area contributed by atoms with E-state index in [1.54, 1.807) is 11.3 Å². The zero-order valence-corrected chi connectivity index (χ0v) is 10.7. The molecule has 0 aliphatic carbocycles. The summed E-state index contributed by atoms with van der Waals surface area (Å²) in [5.41, 5.74) is 2.21. The Balaban J connectivity index is 1.97. The van der Waals surface area contributed by atoms with Gasteiger partial charge in [0.1, 0.15) is 0 Å². The lowest BCUT2D eigenvalue weighted by Gasteiger charge is -2.21. The minimum Gasteiger partial charge on any atom is -0.306 e. The van der Waals surface area contributed by atoms with E-state index >= 15 is 0 Å². The van der Waals surface area contributed by atoms with Gasteiger partial charge in [0.05, 0.1) is 13.1 Å². The molecule has 2 heterocycles. The molecule has 1 aromatic heterocycles. The molecule has 1 N–H and O–H groups in total. The second-order valence-electron chi connectivity index (χ2n) is 4.29. The Hall–Kier alpha value is -1.65. The largest absolute Gasteiger partial charge is 0.306 e. The Morgan fingerprint density at radius 2 is 2.06 bits per heavy atom. The molecule has 0 radical (unpaired) electrons. The number of thiophene rings is 1. The normalized spacial score (nSPS) is 15.3. The van der Waals surface area contributed by atoms with E-state index in [2.05, 4.69) is 17.4 Å². The van der Waals surface area contributed by atoms with E-state index in [1.807, 2.05) is 34.5 Å². The number of para-hydroxylation sites is 1. The monoisotopic (exact) mass is 258 g/mol. The number of benzene rings is 1. The molecule has 0 atom stereocenters. The third-order valence-corrected chi connectivity index (χ3v) is 3.93. The Morgan fingerprint density at radius 1 is 1.17 bits per heavy atom. The summed E-state index contributed by atoms with van der Waals surface area (Å²) in [6, 6.07) is 12.2.